The van der Waals surface area contributed by atoms with E-state index in [4.69, 9.17) is 0 Å². The predicted molar refractivity (Wildman–Crippen MR) is 75.3 cm³/mol. The van der Waals surface area contributed by atoms with Crippen LogP contribution >= 0.6 is 0 Å². The highest BCUT2D eigenvalue weighted by Crippen LogP contribution is 2.32. The van der Waals surface area contributed by atoms with E-state index in [1.807, 2.05) is 45.9 Å². The summed E-state index contributed by atoms with van der Waals surface area (Å²) in [6.45, 7) is 8.20. The Labute approximate surface area is 114 Å². The molecule has 104 valence electrons. The number of benzene rings is 1. The van der Waals surface area contributed by atoms with Gasteiger partial charge in [-0.2, -0.15) is 0 Å². The van der Waals surface area contributed by atoms with Crippen LogP contribution in [-0.2, 0) is 14.3 Å². The highest BCUT2D eigenvalue weighted by Gasteiger charge is 2.20. The molecule has 19 heavy (non-hydrogen) atoms. The Balaban J connectivity index is 3.22. The van der Waals surface area contributed by atoms with Gasteiger partial charge in [0.2, 0.25) is 0 Å². The Hall–Kier alpha value is -1.84. The first-order valence-electron chi connectivity index (χ1n) is 6.40. The molecule has 0 heterocycles. The highest BCUT2D eigenvalue weighted by atomic mass is 16.5. The van der Waals surface area contributed by atoms with Crippen molar-refractivity contribution in [1.29, 1.82) is 0 Å². The summed E-state index contributed by atoms with van der Waals surface area (Å²) in [5.41, 5.74) is 2.76. The molecule has 1 N–H and O–H groups in total. The van der Waals surface area contributed by atoms with Crippen molar-refractivity contribution in [1.82, 2.24) is 0 Å². The van der Waals surface area contributed by atoms with Gasteiger partial charge < -0.3 is 10.1 Å². The second kappa shape index (κ2) is 6.36. The minimum absolute atomic E-state index is 0.256. The molecule has 0 aliphatic carbocycles. The minimum Gasteiger partial charge on any atom is -0.462 e. The molecule has 0 saturated heterocycles. The molecule has 4 nitrogen and oxygen atoms in total. The molecule has 4 heteroatoms. The third-order valence-electron chi connectivity index (χ3n) is 2.98. The van der Waals surface area contributed by atoms with Crippen molar-refractivity contribution in [2.45, 2.75) is 39.5 Å². The zero-order valence-electron chi connectivity index (χ0n) is 12.1. The molecule has 0 aliphatic rings. The summed E-state index contributed by atoms with van der Waals surface area (Å²) < 4.78 is 4.43. The van der Waals surface area contributed by atoms with Crippen LogP contribution in [0, 0.1) is 0 Å². The van der Waals surface area contributed by atoms with Crippen molar-refractivity contribution in [3.05, 3.63) is 29.3 Å². The van der Waals surface area contributed by atoms with Crippen molar-refractivity contribution in [3.63, 3.8) is 0 Å². The Morgan fingerprint density at radius 1 is 1.05 bits per heavy atom. The lowest BCUT2D eigenvalue weighted by Gasteiger charge is -2.19. The van der Waals surface area contributed by atoms with Gasteiger partial charge in [0.25, 0.3) is 0 Å². The average Bonchev–Trinajstić information content (AvgIpc) is 2.37. The topological polar surface area (TPSA) is 55.4 Å². The first kappa shape index (κ1) is 15.2. The van der Waals surface area contributed by atoms with Crippen LogP contribution in [0.15, 0.2) is 18.2 Å². The summed E-state index contributed by atoms with van der Waals surface area (Å²) in [6, 6.07) is 5.89. The Morgan fingerprint density at radius 2 is 1.53 bits per heavy atom. The largest absolute Gasteiger partial charge is 0.462 e. The van der Waals surface area contributed by atoms with Gasteiger partial charge in [-0.1, -0.05) is 45.9 Å². The van der Waals surface area contributed by atoms with Crippen molar-refractivity contribution < 1.29 is 14.3 Å². The lowest BCUT2D eigenvalue weighted by atomic mass is 9.92. The van der Waals surface area contributed by atoms with E-state index in [1.54, 1.807) is 0 Å². The SMILES string of the molecule is COC(=O)C(=O)Nc1c(C(C)C)cccc1C(C)C. The van der Waals surface area contributed by atoms with E-state index in [0.29, 0.717) is 0 Å². The van der Waals surface area contributed by atoms with Gasteiger partial charge in [0, 0.05) is 5.69 Å². The third-order valence-corrected chi connectivity index (χ3v) is 2.98. The predicted octanol–water partition coefficient (Wildman–Crippen LogP) is 3.04. The standard InChI is InChI=1S/C15H21NO3/c1-9(2)11-7-6-8-12(10(3)4)13(11)16-14(17)15(18)19-5/h6-10H,1-5H3,(H,16,17). The van der Waals surface area contributed by atoms with Gasteiger partial charge in [-0.3, -0.25) is 4.79 Å². The van der Waals surface area contributed by atoms with E-state index in [0.717, 1.165) is 16.8 Å². The molecule has 1 aromatic carbocycles. The van der Waals surface area contributed by atoms with Crippen molar-refractivity contribution in [2.75, 3.05) is 12.4 Å². The van der Waals surface area contributed by atoms with Gasteiger partial charge in [-0.25, -0.2) is 4.79 Å². The van der Waals surface area contributed by atoms with E-state index >= 15 is 0 Å². The molecule has 0 atom stereocenters. The monoisotopic (exact) mass is 263 g/mol. The number of amides is 1. The molecule has 0 bridgehead atoms. The number of nitrogens with one attached hydrogen (secondary N) is 1. The lowest BCUT2D eigenvalue weighted by molar-refractivity contribution is -0.150. The van der Waals surface area contributed by atoms with E-state index in [-0.39, 0.29) is 11.8 Å². The lowest BCUT2D eigenvalue weighted by Crippen LogP contribution is -2.25. The zero-order valence-corrected chi connectivity index (χ0v) is 12.1. The van der Waals surface area contributed by atoms with Crippen LogP contribution in [-0.4, -0.2) is 19.0 Å². The number of anilines is 1. The maximum absolute atomic E-state index is 11.7. The number of carbonyl (C=O) groups is 2. The molecular weight excluding hydrogens is 242 g/mol. The summed E-state index contributed by atoms with van der Waals surface area (Å²) >= 11 is 0. The van der Waals surface area contributed by atoms with Crippen LogP contribution in [0.4, 0.5) is 5.69 Å². The molecule has 0 aromatic heterocycles. The summed E-state index contributed by atoms with van der Waals surface area (Å²) in [4.78, 5) is 23.0. The Kier molecular flexibility index (Phi) is 5.10. The maximum atomic E-state index is 11.7. The third kappa shape index (κ3) is 3.56. The van der Waals surface area contributed by atoms with E-state index in [1.165, 1.54) is 7.11 Å². The fourth-order valence-corrected chi connectivity index (χ4v) is 1.95. The summed E-state index contributed by atoms with van der Waals surface area (Å²) in [6.07, 6.45) is 0. The number of hydrogen-bond donors (Lipinski definition) is 1. The highest BCUT2D eigenvalue weighted by molar-refractivity contribution is 6.37. The molecular formula is C15H21NO3. The van der Waals surface area contributed by atoms with Crippen LogP contribution in [0.25, 0.3) is 0 Å². The first-order chi connectivity index (χ1) is 8.88. The second-order valence-electron chi connectivity index (χ2n) is 5.07. The first-order valence-corrected chi connectivity index (χ1v) is 6.40. The number of hydrogen-bond acceptors (Lipinski definition) is 3. The summed E-state index contributed by atoms with van der Waals surface area (Å²) in [5, 5.41) is 2.68. The van der Waals surface area contributed by atoms with Crippen LogP contribution in [0.5, 0.6) is 0 Å². The van der Waals surface area contributed by atoms with Gasteiger partial charge in [0.05, 0.1) is 7.11 Å². The molecule has 0 saturated carbocycles. The second-order valence-corrected chi connectivity index (χ2v) is 5.07. The Morgan fingerprint density at radius 3 is 1.89 bits per heavy atom. The van der Waals surface area contributed by atoms with E-state index < -0.39 is 11.9 Å². The van der Waals surface area contributed by atoms with Crippen LogP contribution in [0.1, 0.15) is 50.7 Å². The molecule has 1 aromatic rings. The molecule has 0 fully saturated rings. The molecule has 1 rings (SSSR count). The maximum Gasteiger partial charge on any atom is 0.396 e. The normalized spacial score (nSPS) is 10.7. The fourth-order valence-electron chi connectivity index (χ4n) is 1.95. The van der Waals surface area contributed by atoms with Gasteiger partial charge in [-0.15, -0.1) is 0 Å². The molecule has 1 amide bonds. The summed E-state index contributed by atoms with van der Waals surface area (Å²) in [7, 11) is 1.19. The zero-order chi connectivity index (χ0) is 14.6. The van der Waals surface area contributed by atoms with E-state index in [9.17, 15) is 9.59 Å². The van der Waals surface area contributed by atoms with Crippen molar-refractivity contribution in [2.24, 2.45) is 0 Å². The molecule has 0 spiro atoms. The fraction of sp³-hybridized carbons (Fsp3) is 0.467. The minimum atomic E-state index is -0.881. The van der Waals surface area contributed by atoms with Gasteiger partial charge >= 0.3 is 11.9 Å². The van der Waals surface area contributed by atoms with Crippen LogP contribution in [0.3, 0.4) is 0 Å². The smallest absolute Gasteiger partial charge is 0.396 e. The number of para-hydroxylation sites is 1. The van der Waals surface area contributed by atoms with Crippen LogP contribution in [0.2, 0.25) is 0 Å². The quantitative estimate of drug-likeness (QED) is 0.673. The van der Waals surface area contributed by atoms with Crippen LogP contribution < -0.4 is 5.32 Å². The summed E-state index contributed by atoms with van der Waals surface area (Å²) in [5.74, 6) is -1.11. The number of methoxy groups -OCH3 is 1. The van der Waals surface area contributed by atoms with E-state index in [2.05, 4.69) is 10.1 Å². The number of rotatable bonds is 3. The average molecular weight is 263 g/mol. The van der Waals surface area contributed by atoms with Crippen molar-refractivity contribution in [3.8, 4) is 0 Å². The van der Waals surface area contributed by atoms with Gasteiger partial charge in [-0.05, 0) is 23.0 Å². The molecule has 0 radical (unpaired) electrons. The molecule has 0 unspecified atom stereocenters. The van der Waals surface area contributed by atoms with Gasteiger partial charge in [0.15, 0.2) is 0 Å². The van der Waals surface area contributed by atoms with Gasteiger partial charge in [0.1, 0.15) is 0 Å². The number of esters is 1. The number of ether oxygens (including phenoxy) is 1. The van der Waals surface area contributed by atoms with Crippen molar-refractivity contribution >= 4 is 17.6 Å². The molecule has 0 aliphatic heterocycles. The Bertz CT molecular complexity index is 452. The number of carbonyl (C=O) groups excluding carboxylic acids is 2.